The van der Waals surface area contributed by atoms with Gasteiger partial charge in [-0.2, -0.15) is 0 Å². The maximum atomic E-state index is 6.03. The molecule has 0 radical (unpaired) electrons. The van der Waals surface area contributed by atoms with E-state index in [9.17, 15) is 0 Å². The Bertz CT molecular complexity index is 591. The second kappa shape index (κ2) is 3.61. The number of aryl methyl sites for hydroxylation is 3. The topological polar surface area (TPSA) is 30.9 Å². The van der Waals surface area contributed by atoms with E-state index in [2.05, 4.69) is 37.5 Å². The van der Waals surface area contributed by atoms with Gasteiger partial charge in [0.25, 0.3) is 0 Å². The summed E-state index contributed by atoms with van der Waals surface area (Å²) >= 11 is 0. The van der Waals surface area contributed by atoms with Crippen molar-refractivity contribution in [3.05, 3.63) is 34.5 Å². The molecule has 2 heterocycles. The van der Waals surface area contributed by atoms with E-state index < -0.39 is 0 Å². The summed E-state index contributed by atoms with van der Waals surface area (Å²) in [5, 5.41) is 1.41. The van der Waals surface area contributed by atoms with Crippen LogP contribution in [0.25, 0.3) is 10.9 Å². The summed E-state index contributed by atoms with van der Waals surface area (Å²) in [6.07, 6.45) is 2.44. The third-order valence-corrected chi connectivity index (χ3v) is 4.19. The first-order chi connectivity index (χ1) is 8.09. The van der Waals surface area contributed by atoms with E-state index in [1.165, 1.54) is 52.7 Å². The Balaban J connectivity index is 2.41. The molecule has 1 aromatic carbocycles. The van der Waals surface area contributed by atoms with Gasteiger partial charge in [-0.05, 0) is 56.4 Å². The van der Waals surface area contributed by atoms with Crippen molar-refractivity contribution >= 4 is 10.9 Å². The van der Waals surface area contributed by atoms with Gasteiger partial charge in [0.1, 0.15) is 0 Å². The highest BCUT2D eigenvalue weighted by Crippen LogP contribution is 2.34. The standard InChI is InChI=1S/C15H20N2/c1-9-11(3)17-6-4-5-12-7-13(10(2)16)8-14(9)15(12)17/h7-8,10H,4-6,16H2,1-3H3. The van der Waals surface area contributed by atoms with Crippen LogP contribution in [0.4, 0.5) is 0 Å². The summed E-state index contributed by atoms with van der Waals surface area (Å²) in [6.45, 7) is 7.70. The molecule has 1 unspecified atom stereocenters. The van der Waals surface area contributed by atoms with Crippen molar-refractivity contribution < 1.29 is 0 Å². The lowest BCUT2D eigenvalue weighted by Gasteiger charge is -2.18. The number of nitrogens with two attached hydrogens (primary N) is 1. The molecule has 0 fully saturated rings. The molecule has 17 heavy (non-hydrogen) atoms. The van der Waals surface area contributed by atoms with Gasteiger partial charge < -0.3 is 10.3 Å². The van der Waals surface area contributed by atoms with Crippen LogP contribution in [0.3, 0.4) is 0 Å². The Morgan fingerprint density at radius 3 is 2.76 bits per heavy atom. The van der Waals surface area contributed by atoms with Gasteiger partial charge in [-0.25, -0.2) is 0 Å². The molecule has 90 valence electrons. The van der Waals surface area contributed by atoms with Crippen molar-refractivity contribution in [1.29, 1.82) is 0 Å². The average Bonchev–Trinajstić information content (AvgIpc) is 2.57. The summed E-state index contributed by atoms with van der Waals surface area (Å²) in [7, 11) is 0. The zero-order valence-corrected chi connectivity index (χ0v) is 10.9. The van der Waals surface area contributed by atoms with Crippen LogP contribution in [-0.2, 0) is 13.0 Å². The van der Waals surface area contributed by atoms with E-state index in [0.717, 1.165) is 0 Å². The van der Waals surface area contributed by atoms with Gasteiger partial charge in [0.2, 0.25) is 0 Å². The zero-order valence-electron chi connectivity index (χ0n) is 10.9. The van der Waals surface area contributed by atoms with E-state index >= 15 is 0 Å². The predicted molar refractivity (Wildman–Crippen MR) is 72.3 cm³/mol. The molecule has 2 N–H and O–H groups in total. The molecule has 2 nitrogen and oxygen atoms in total. The highest BCUT2D eigenvalue weighted by atomic mass is 15.0. The van der Waals surface area contributed by atoms with Crippen molar-refractivity contribution in [2.45, 2.75) is 46.2 Å². The van der Waals surface area contributed by atoms with Gasteiger partial charge in [0, 0.05) is 23.7 Å². The maximum Gasteiger partial charge on any atom is 0.0517 e. The lowest BCUT2D eigenvalue weighted by Crippen LogP contribution is -2.11. The Kier molecular flexibility index (Phi) is 2.30. The Hall–Kier alpha value is -1.28. The first-order valence-corrected chi connectivity index (χ1v) is 6.47. The van der Waals surface area contributed by atoms with Crippen molar-refractivity contribution in [1.82, 2.24) is 4.57 Å². The second-order valence-electron chi connectivity index (χ2n) is 5.33. The summed E-state index contributed by atoms with van der Waals surface area (Å²) in [4.78, 5) is 0. The molecule has 0 spiro atoms. The third kappa shape index (κ3) is 1.44. The summed E-state index contributed by atoms with van der Waals surface area (Å²) in [5.41, 5.74) is 13.1. The molecule has 3 rings (SSSR count). The average molecular weight is 228 g/mol. The van der Waals surface area contributed by atoms with E-state index in [1.54, 1.807) is 0 Å². The van der Waals surface area contributed by atoms with Crippen LogP contribution in [0.15, 0.2) is 12.1 Å². The number of hydrogen-bond donors (Lipinski definition) is 1. The minimum atomic E-state index is 0.126. The molecular formula is C15H20N2. The van der Waals surface area contributed by atoms with E-state index in [4.69, 9.17) is 5.73 Å². The molecule has 1 aromatic heterocycles. The molecule has 2 aromatic rings. The number of nitrogens with zero attached hydrogens (tertiary/aromatic N) is 1. The fourth-order valence-corrected chi connectivity index (χ4v) is 3.05. The van der Waals surface area contributed by atoms with Crippen LogP contribution in [-0.4, -0.2) is 4.57 Å². The van der Waals surface area contributed by atoms with Crippen molar-refractivity contribution in [2.75, 3.05) is 0 Å². The monoisotopic (exact) mass is 228 g/mol. The molecule has 1 aliphatic rings. The summed E-state index contributed by atoms with van der Waals surface area (Å²) in [5.74, 6) is 0. The lowest BCUT2D eigenvalue weighted by molar-refractivity contribution is 0.621. The minimum absolute atomic E-state index is 0.126. The zero-order chi connectivity index (χ0) is 12.2. The minimum Gasteiger partial charge on any atom is -0.344 e. The SMILES string of the molecule is Cc1c(C)n2c3c(cc(C(C)N)cc13)CCC2. The normalized spacial score (nSPS) is 16.5. The highest BCUT2D eigenvalue weighted by molar-refractivity contribution is 5.89. The molecule has 1 atom stereocenters. The molecule has 0 amide bonds. The summed E-state index contributed by atoms with van der Waals surface area (Å²) in [6, 6.07) is 4.72. The van der Waals surface area contributed by atoms with Gasteiger partial charge in [-0.15, -0.1) is 0 Å². The van der Waals surface area contributed by atoms with Gasteiger partial charge in [-0.1, -0.05) is 6.07 Å². The third-order valence-electron chi connectivity index (χ3n) is 4.19. The number of rotatable bonds is 1. The van der Waals surface area contributed by atoms with Crippen LogP contribution in [0.1, 0.15) is 41.8 Å². The first kappa shape index (κ1) is 10.8. The predicted octanol–water partition coefficient (Wildman–Crippen LogP) is 3.22. The Morgan fingerprint density at radius 1 is 1.29 bits per heavy atom. The van der Waals surface area contributed by atoms with Gasteiger partial charge >= 0.3 is 0 Å². The number of aromatic nitrogens is 1. The fourth-order valence-electron chi connectivity index (χ4n) is 3.05. The Labute approximate surface area is 102 Å². The lowest BCUT2D eigenvalue weighted by atomic mass is 9.97. The van der Waals surface area contributed by atoms with Gasteiger partial charge in [0.05, 0.1) is 5.52 Å². The van der Waals surface area contributed by atoms with Gasteiger partial charge in [-0.3, -0.25) is 0 Å². The second-order valence-corrected chi connectivity index (χ2v) is 5.33. The molecule has 0 bridgehead atoms. The first-order valence-electron chi connectivity index (χ1n) is 6.47. The summed E-state index contributed by atoms with van der Waals surface area (Å²) < 4.78 is 2.48. The molecule has 0 aliphatic carbocycles. The quantitative estimate of drug-likeness (QED) is 0.798. The van der Waals surface area contributed by atoms with Crippen LogP contribution in [0.2, 0.25) is 0 Å². The van der Waals surface area contributed by atoms with Crippen LogP contribution in [0, 0.1) is 13.8 Å². The number of hydrogen-bond acceptors (Lipinski definition) is 1. The van der Waals surface area contributed by atoms with Crippen molar-refractivity contribution in [3.8, 4) is 0 Å². The molecule has 0 saturated carbocycles. The smallest absolute Gasteiger partial charge is 0.0517 e. The van der Waals surface area contributed by atoms with Crippen molar-refractivity contribution in [3.63, 3.8) is 0 Å². The highest BCUT2D eigenvalue weighted by Gasteiger charge is 2.19. The molecule has 2 heteroatoms. The number of benzene rings is 1. The van der Waals surface area contributed by atoms with Crippen LogP contribution < -0.4 is 5.73 Å². The van der Waals surface area contributed by atoms with Gasteiger partial charge in [0.15, 0.2) is 0 Å². The maximum absolute atomic E-state index is 6.03. The van der Waals surface area contributed by atoms with E-state index in [1.807, 2.05) is 0 Å². The fraction of sp³-hybridized carbons (Fsp3) is 0.467. The van der Waals surface area contributed by atoms with Crippen LogP contribution in [0.5, 0.6) is 0 Å². The van der Waals surface area contributed by atoms with Crippen molar-refractivity contribution in [2.24, 2.45) is 5.73 Å². The van der Waals surface area contributed by atoms with E-state index in [0.29, 0.717) is 0 Å². The van der Waals surface area contributed by atoms with E-state index in [-0.39, 0.29) is 6.04 Å². The molecule has 0 saturated heterocycles. The van der Waals surface area contributed by atoms with Crippen LogP contribution >= 0.6 is 0 Å². The molecular weight excluding hydrogens is 208 g/mol. The Morgan fingerprint density at radius 2 is 2.06 bits per heavy atom. The molecule has 1 aliphatic heterocycles. The largest absolute Gasteiger partial charge is 0.344 e.